The second kappa shape index (κ2) is 6.95. The van der Waals surface area contributed by atoms with Crippen LogP contribution in [0.25, 0.3) is 0 Å². The number of alkyl halides is 3. The van der Waals surface area contributed by atoms with Gasteiger partial charge in [-0.2, -0.15) is 13.2 Å². The smallest absolute Gasteiger partial charge is 0.416 e. The highest BCUT2D eigenvalue weighted by Gasteiger charge is 2.31. The first-order valence-electron chi connectivity index (χ1n) is 7.23. The Balaban J connectivity index is 2.32. The van der Waals surface area contributed by atoms with Gasteiger partial charge in [0.05, 0.1) is 18.4 Å². The van der Waals surface area contributed by atoms with Gasteiger partial charge in [-0.15, -0.1) is 0 Å². The minimum atomic E-state index is -4.58. The Morgan fingerprint density at radius 3 is 2.48 bits per heavy atom. The number of aromatic nitrogens is 1. The maximum atomic E-state index is 12.9. The molecule has 0 spiro atoms. The molecule has 0 amide bonds. The Morgan fingerprint density at radius 2 is 1.96 bits per heavy atom. The molecule has 0 unspecified atom stereocenters. The first kappa shape index (κ1) is 19.1. The molecule has 0 aliphatic carbocycles. The number of sulfonamides is 1. The van der Waals surface area contributed by atoms with Gasteiger partial charge in [0.25, 0.3) is 5.88 Å². The molecular weight excluding hydrogens is 361 g/mol. The molecule has 0 fully saturated rings. The predicted molar refractivity (Wildman–Crippen MR) is 84.8 cm³/mol. The van der Waals surface area contributed by atoms with Gasteiger partial charge in [0.1, 0.15) is 5.75 Å². The van der Waals surface area contributed by atoms with Crippen molar-refractivity contribution in [3.63, 3.8) is 0 Å². The number of anilines is 1. The molecular formula is C15H17F3N2O4S. The molecule has 0 atom stereocenters. The van der Waals surface area contributed by atoms with Crippen molar-refractivity contribution in [1.82, 2.24) is 5.16 Å². The summed E-state index contributed by atoms with van der Waals surface area (Å²) in [6.07, 6.45) is -4.58. The summed E-state index contributed by atoms with van der Waals surface area (Å²) in [5.74, 6) is -0.656. The number of hydrogen-bond acceptors (Lipinski definition) is 5. The second-order valence-electron chi connectivity index (χ2n) is 5.65. The van der Waals surface area contributed by atoms with E-state index in [1.165, 1.54) is 19.2 Å². The number of benzene rings is 1. The lowest BCUT2D eigenvalue weighted by Gasteiger charge is -2.17. The second-order valence-corrected chi connectivity index (χ2v) is 7.37. The summed E-state index contributed by atoms with van der Waals surface area (Å²) in [5, 5.41) is 3.48. The zero-order valence-electron chi connectivity index (χ0n) is 13.7. The van der Waals surface area contributed by atoms with Crippen LogP contribution in [0.4, 0.5) is 18.9 Å². The molecule has 1 aromatic carbocycles. The number of ether oxygens (including phenoxy) is 1. The van der Waals surface area contributed by atoms with Crippen molar-refractivity contribution in [3.8, 4) is 5.88 Å². The minimum absolute atomic E-state index is 0.00224. The lowest BCUT2D eigenvalue weighted by Crippen LogP contribution is -2.17. The van der Waals surface area contributed by atoms with Gasteiger partial charge in [0.2, 0.25) is 10.0 Å². The molecule has 1 N–H and O–H groups in total. The number of nitrogens with one attached hydrogen (secondary N) is 1. The van der Waals surface area contributed by atoms with Crippen LogP contribution >= 0.6 is 0 Å². The topological polar surface area (TPSA) is 81.4 Å². The fourth-order valence-electron chi connectivity index (χ4n) is 2.17. The number of rotatable bonds is 6. The standard InChI is InChI=1S/C15H17F3N2O4S/c1-9(2)12-5-4-10(15(16,17)18)6-13(12)20-25(21,22)8-11-7-14(23-3)19-24-11/h4-7,9,20H,8H2,1-3H3. The van der Waals surface area contributed by atoms with Crippen LogP contribution in [-0.4, -0.2) is 20.7 Å². The Kier molecular flexibility index (Phi) is 5.31. The van der Waals surface area contributed by atoms with Crippen LogP contribution in [0.15, 0.2) is 28.8 Å². The molecule has 0 saturated carbocycles. The zero-order chi connectivity index (χ0) is 18.8. The largest absolute Gasteiger partial charge is 0.479 e. The van der Waals surface area contributed by atoms with Gasteiger partial charge in [0.15, 0.2) is 5.76 Å². The Hall–Kier alpha value is -2.23. The van der Waals surface area contributed by atoms with E-state index in [4.69, 9.17) is 9.26 Å². The maximum absolute atomic E-state index is 12.9. The fourth-order valence-corrected chi connectivity index (χ4v) is 3.27. The number of nitrogens with zero attached hydrogens (tertiary/aromatic N) is 1. The summed E-state index contributed by atoms with van der Waals surface area (Å²) in [6, 6.07) is 4.26. The van der Waals surface area contributed by atoms with E-state index in [0.717, 1.165) is 12.1 Å². The van der Waals surface area contributed by atoms with Crippen LogP contribution < -0.4 is 9.46 Å². The molecule has 1 heterocycles. The normalized spacial score (nSPS) is 12.4. The molecule has 0 aliphatic rings. The molecule has 0 saturated heterocycles. The molecule has 6 nitrogen and oxygen atoms in total. The van der Waals surface area contributed by atoms with Crippen molar-refractivity contribution in [2.75, 3.05) is 11.8 Å². The molecule has 25 heavy (non-hydrogen) atoms. The zero-order valence-corrected chi connectivity index (χ0v) is 14.5. The molecule has 2 rings (SSSR count). The first-order chi connectivity index (χ1) is 11.5. The van der Waals surface area contributed by atoms with Gasteiger partial charge >= 0.3 is 6.18 Å². The van der Waals surface area contributed by atoms with Crippen molar-refractivity contribution in [3.05, 3.63) is 41.2 Å². The summed E-state index contributed by atoms with van der Waals surface area (Å²) in [6.45, 7) is 3.50. The molecule has 2 aromatic rings. The van der Waals surface area contributed by atoms with Crippen molar-refractivity contribution < 1.29 is 30.8 Å². The summed E-state index contributed by atoms with van der Waals surface area (Å²) < 4.78 is 75.1. The van der Waals surface area contributed by atoms with Crippen molar-refractivity contribution >= 4 is 15.7 Å². The van der Waals surface area contributed by atoms with Crippen LogP contribution in [0.5, 0.6) is 5.88 Å². The Morgan fingerprint density at radius 1 is 1.28 bits per heavy atom. The van der Waals surface area contributed by atoms with Crippen molar-refractivity contribution in [2.45, 2.75) is 31.7 Å². The van der Waals surface area contributed by atoms with Gasteiger partial charge < -0.3 is 9.26 Å². The highest BCUT2D eigenvalue weighted by molar-refractivity contribution is 7.91. The third-order valence-electron chi connectivity index (χ3n) is 3.35. The number of halogens is 3. The predicted octanol–water partition coefficient (Wildman–Crippen LogP) is 3.77. The Labute approximate surface area is 143 Å². The summed E-state index contributed by atoms with van der Waals surface area (Å²) in [5.41, 5.74) is -0.598. The number of methoxy groups -OCH3 is 1. The van der Waals surface area contributed by atoms with Gasteiger partial charge in [-0.3, -0.25) is 4.72 Å². The van der Waals surface area contributed by atoms with Gasteiger partial charge in [-0.1, -0.05) is 19.9 Å². The first-order valence-corrected chi connectivity index (χ1v) is 8.88. The van der Waals surface area contributed by atoms with E-state index >= 15 is 0 Å². The van der Waals surface area contributed by atoms with E-state index in [2.05, 4.69) is 9.88 Å². The quantitative estimate of drug-likeness (QED) is 0.828. The summed E-state index contributed by atoms with van der Waals surface area (Å²) >= 11 is 0. The van der Waals surface area contributed by atoms with E-state index in [-0.39, 0.29) is 23.2 Å². The van der Waals surface area contributed by atoms with Crippen LogP contribution in [0, 0.1) is 0 Å². The van der Waals surface area contributed by atoms with Crippen LogP contribution in [-0.2, 0) is 22.0 Å². The summed E-state index contributed by atoms with van der Waals surface area (Å²) in [7, 11) is -2.67. The van der Waals surface area contributed by atoms with E-state index in [1.807, 2.05) is 0 Å². The molecule has 138 valence electrons. The van der Waals surface area contributed by atoms with Crippen LogP contribution in [0.1, 0.15) is 36.7 Å². The average molecular weight is 378 g/mol. The lowest BCUT2D eigenvalue weighted by molar-refractivity contribution is -0.137. The average Bonchev–Trinajstić information content (AvgIpc) is 2.92. The minimum Gasteiger partial charge on any atom is -0.479 e. The van der Waals surface area contributed by atoms with Gasteiger partial charge in [-0.25, -0.2) is 8.42 Å². The molecule has 0 aliphatic heterocycles. The van der Waals surface area contributed by atoms with E-state index in [9.17, 15) is 21.6 Å². The van der Waals surface area contributed by atoms with Gasteiger partial charge in [-0.05, 0) is 28.8 Å². The molecule has 0 radical (unpaired) electrons. The monoisotopic (exact) mass is 378 g/mol. The molecule has 10 heteroatoms. The third-order valence-corrected chi connectivity index (χ3v) is 4.54. The fraction of sp³-hybridized carbons (Fsp3) is 0.400. The molecule has 1 aromatic heterocycles. The van der Waals surface area contributed by atoms with Crippen LogP contribution in [0.3, 0.4) is 0 Å². The number of hydrogen-bond donors (Lipinski definition) is 1. The third kappa shape index (κ3) is 4.88. The van der Waals surface area contributed by atoms with E-state index in [0.29, 0.717) is 5.56 Å². The van der Waals surface area contributed by atoms with E-state index < -0.39 is 27.5 Å². The van der Waals surface area contributed by atoms with Crippen LogP contribution in [0.2, 0.25) is 0 Å². The van der Waals surface area contributed by atoms with Crippen molar-refractivity contribution in [2.24, 2.45) is 0 Å². The highest BCUT2D eigenvalue weighted by Crippen LogP contribution is 2.35. The van der Waals surface area contributed by atoms with Gasteiger partial charge in [0, 0.05) is 6.07 Å². The maximum Gasteiger partial charge on any atom is 0.416 e. The lowest BCUT2D eigenvalue weighted by atomic mass is 9.99. The summed E-state index contributed by atoms with van der Waals surface area (Å²) in [4.78, 5) is 0. The molecule has 0 bridgehead atoms. The van der Waals surface area contributed by atoms with E-state index in [1.54, 1.807) is 13.8 Å². The van der Waals surface area contributed by atoms with Crippen molar-refractivity contribution in [1.29, 1.82) is 0 Å². The Bertz CT molecular complexity index is 845. The highest BCUT2D eigenvalue weighted by atomic mass is 32.2. The SMILES string of the molecule is COc1cc(CS(=O)(=O)Nc2cc(C(F)(F)F)ccc2C(C)C)on1.